The maximum Gasteiger partial charge on any atom is 3.00 e. The van der Waals surface area contributed by atoms with E-state index >= 15 is 0 Å². The summed E-state index contributed by atoms with van der Waals surface area (Å²) in [4.78, 5) is 133. The summed E-state index contributed by atoms with van der Waals surface area (Å²) in [6, 6.07) is 0. The maximum atomic E-state index is 10.3. The van der Waals surface area contributed by atoms with Crippen LogP contribution in [0.15, 0.2) is 0 Å². The summed E-state index contributed by atoms with van der Waals surface area (Å²) in [6.45, 7) is 0. The van der Waals surface area contributed by atoms with Gasteiger partial charge in [0.15, 0.2) is 5.60 Å². The Kier molecular flexibility index (Phi) is 39.4. The van der Waals surface area contributed by atoms with Crippen molar-refractivity contribution in [2.45, 2.75) is 18.4 Å². The fraction of sp³-hybridized carbons (Fsp3) is 0.500. The third-order valence-electron chi connectivity index (χ3n) is 1.29. The van der Waals surface area contributed by atoms with Gasteiger partial charge in [0.25, 0.3) is 0 Å². The Hall–Kier alpha value is 0.671. The average molecular weight is 576 g/mol. The average Bonchev–Trinajstić information content (AvgIpc) is 2.17. The van der Waals surface area contributed by atoms with E-state index in [-0.39, 0.29) is 69.4 Å². The second-order valence-corrected chi connectivity index (χ2v) is 6.98. The third kappa shape index (κ3) is 97.2. The van der Waals surface area contributed by atoms with E-state index in [1.54, 1.807) is 0 Å². The van der Waals surface area contributed by atoms with Crippen LogP contribution < -0.4 is 57.5 Å². The molecule has 32 heavy (non-hydrogen) atoms. The van der Waals surface area contributed by atoms with Gasteiger partial charge in [-0.15, -0.1) is 0 Å². The van der Waals surface area contributed by atoms with Crippen LogP contribution in [0, 0.1) is 0 Å². The minimum absolute atomic E-state index is 0. The van der Waals surface area contributed by atoms with Gasteiger partial charge in [-0.25, -0.2) is 4.79 Å². The molecule has 0 aromatic rings. The van der Waals surface area contributed by atoms with Gasteiger partial charge in [0.05, 0.1) is 12.8 Å². The molecule has 0 amide bonds. The molecule has 0 spiro atoms. The molecule has 26 heteroatoms. The summed E-state index contributed by atoms with van der Waals surface area (Å²) in [6.07, 6.45) is -2.29. The molecule has 0 rings (SSSR count). The first-order valence-corrected chi connectivity index (χ1v) is 10.5. The van der Waals surface area contributed by atoms with Crippen molar-refractivity contribution >= 4 is 114 Å². The zero-order chi connectivity index (χ0) is 24.1. The zero-order valence-electron chi connectivity index (χ0n) is 15.1. The summed E-state index contributed by atoms with van der Waals surface area (Å²) in [5, 5.41) is 33.8. The van der Waals surface area contributed by atoms with Gasteiger partial charge in [-0.05, 0) is 0 Å². The molecule has 0 aromatic carbocycles. The Balaban J connectivity index is -0.0000000430. The standard InChI is InChI=1S/C6H8O7.4Al.3O4Si/c7-3(8)1-6(13,5(11)12)2-4(9)10;;;;;3*1-5(2,3)4/h13H,1-2H2,(H,7,8)(H,9,10)(H,11,12);;;;;;;/q;4*+3;3*-4. The normalized spacial score (nSPS) is 10.0. The van der Waals surface area contributed by atoms with E-state index in [1.165, 1.54) is 0 Å². The first-order chi connectivity index (χ1) is 11.8. The van der Waals surface area contributed by atoms with Gasteiger partial charge in [0, 0.05) is 0 Å². The minimum atomic E-state index is -5.61. The number of hydrogen-bond acceptors (Lipinski definition) is 16. The van der Waals surface area contributed by atoms with E-state index in [0.717, 1.165) is 0 Å². The van der Waals surface area contributed by atoms with E-state index < -0.39 is 63.5 Å². The molecule has 0 aliphatic carbocycles. The molecular formula is C6H8Al4O19Si3. The summed E-state index contributed by atoms with van der Waals surface area (Å²) in [7, 11) is -16.8. The second-order valence-electron chi connectivity index (χ2n) is 3.98. The van der Waals surface area contributed by atoms with Crippen LogP contribution in [0.3, 0.4) is 0 Å². The summed E-state index contributed by atoms with van der Waals surface area (Å²) in [5.41, 5.74) is -2.74. The molecule has 0 saturated heterocycles. The number of rotatable bonds is 5. The topological polar surface area (TPSA) is 409 Å². The fourth-order valence-corrected chi connectivity index (χ4v) is 0.714. The molecule has 0 unspecified atom stereocenters. The third-order valence-corrected chi connectivity index (χ3v) is 1.29. The predicted octanol–water partition coefficient (Wildman–Crippen LogP) is -18.2. The Bertz CT molecular complexity index is 426. The van der Waals surface area contributed by atoms with Crippen LogP contribution in [0.5, 0.6) is 0 Å². The van der Waals surface area contributed by atoms with Crippen molar-refractivity contribution in [3.63, 3.8) is 0 Å². The van der Waals surface area contributed by atoms with Crippen LogP contribution in [0.2, 0.25) is 0 Å². The van der Waals surface area contributed by atoms with Crippen molar-refractivity contribution in [2.24, 2.45) is 0 Å². The molecular weight excluding hydrogens is 568 g/mol. The predicted molar refractivity (Wildman–Crippen MR) is 77.4 cm³/mol. The first-order valence-electron chi connectivity index (χ1n) is 5.62. The zero-order valence-corrected chi connectivity index (χ0v) is 22.8. The minimum Gasteiger partial charge on any atom is -0.894 e. The molecule has 0 atom stereocenters. The van der Waals surface area contributed by atoms with Gasteiger partial charge in [-0.3, -0.25) is 9.59 Å². The van der Waals surface area contributed by atoms with Crippen molar-refractivity contribution in [3.05, 3.63) is 0 Å². The van der Waals surface area contributed by atoms with Crippen molar-refractivity contribution in [1.82, 2.24) is 0 Å². The largest absolute Gasteiger partial charge is 3.00 e. The monoisotopic (exact) mass is 576 g/mol. The van der Waals surface area contributed by atoms with Crippen molar-refractivity contribution in [1.29, 1.82) is 0 Å². The van der Waals surface area contributed by atoms with Crippen LogP contribution >= 0.6 is 0 Å². The smallest absolute Gasteiger partial charge is 0.894 e. The Morgan fingerprint density at radius 2 is 0.656 bits per heavy atom. The SMILES string of the molecule is O=C(O)CC(O)(CC(=O)O)C(=O)O.[Al+3].[Al+3].[Al+3].[Al+3].[O-][Si]([O-])([O-])[O-].[O-][Si]([O-])([O-])[O-].[O-][Si]([O-])([O-])[O-]. The molecule has 0 bridgehead atoms. The molecule has 0 fully saturated rings. The van der Waals surface area contributed by atoms with E-state index in [9.17, 15) is 14.4 Å². The number of hydrogen-bond donors (Lipinski definition) is 4. The van der Waals surface area contributed by atoms with E-state index in [4.69, 9.17) is 78.0 Å². The van der Waals surface area contributed by atoms with E-state index in [0.29, 0.717) is 0 Å². The molecule has 0 aliphatic rings. The van der Waals surface area contributed by atoms with Gasteiger partial charge in [-0.2, -0.15) is 0 Å². The van der Waals surface area contributed by atoms with Crippen molar-refractivity contribution in [3.8, 4) is 0 Å². The number of aliphatic hydroxyl groups is 1. The molecule has 170 valence electrons. The molecule has 4 N–H and O–H groups in total. The van der Waals surface area contributed by atoms with Crippen LogP contribution in [-0.2, 0) is 14.4 Å². The van der Waals surface area contributed by atoms with Gasteiger partial charge >= 0.3 is 87.4 Å². The summed E-state index contributed by atoms with van der Waals surface area (Å²) >= 11 is 0. The molecule has 19 nitrogen and oxygen atoms in total. The van der Waals surface area contributed by atoms with E-state index in [2.05, 4.69) is 0 Å². The maximum absolute atomic E-state index is 10.3. The Labute approximate surface area is 224 Å². The van der Waals surface area contributed by atoms with Gasteiger partial charge in [0.1, 0.15) is 0 Å². The van der Waals surface area contributed by atoms with Crippen molar-refractivity contribution in [2.75, 3.05) is 0 Å². The Morgan fingerprint density at radius 1 is 0.531 bits per heavy atom. The van der Waals surface area contributed by atoms with Crippen LogP contribution in [0.1, 0.15) is 12.8 Å². The molecule has 0 aliphatic heterocycles. The summed E-state index contributed by atoms with van der Waals surface area (Å²) < 4.78 is 0. The van der Waals surface area contributed by atoms with Crippen molar-refractivity contribution < 1.29 is 92.4 Å². The first kappa shape index (κ1) is 53.8. The van der Waals surface area contributed by atoms with E-state index in [1.807, 2.05) is 0 Å². The number of aliphatic carboxylic acids is 3. The Morgan fingerprint density at radius 3 is 0.719 bits per heavy atom. The van der Waals surface area contributed by atoms with Gasteiger partial charge in [-0.1, -0.05) is 0 Å². The van der Waals surface area contributed by atoms with Crippen LogP contribution in [0.25, 0.3) is 0 Å². The fourth-order valence-electron chi connectivity index (χ4n) is 0.714. The van der Waals surface area contributed by atoms with Gasteiger partial charge < -0.3 is 105 Å². The number of carboxylic acid groups (broad SMARTS) is 3. The van der Waals surface area contributed by atoms with Gasteiger partial charge in [0.2, 0.25) is 0 Å². The van der Waals surface area contributed by atoms with Crippen LogP contribution in [0.4, 0.5) is 0 Å². The van der Waals surface area contributed by atoms with Crippen LogP contribution in [-0.4, -0.2) is 141 Å². The molecule has 0 heterocycles. The second kappa shape index (κ2) is 23.4. The quantitative estimate of drug-likeness (QED) is 0.221. The number of carbonyl (C=O) groups is 3. The molecule has 0 radical (unpaired) electrons. The molecule has 0 saturated carbocycles. The summed E-state index contributed by atoms with van der Waals surface area (Å²) in [5.74, 6) is -5.02. The molecule has 0 aromatic heterocycles. The number of carboxylic acids is 3.